The molecule has 264 valence electrons. The van der Waals surface area contributed by atoms with E-state index >= 15 is 0 Å². The second-order valence-electron chi connectivity index (χ2n) is 16.6. The number of hydrogen-bond acceptors (Lipinski definition) is 4. The van der Waals surface area contributed by atoms with Crippen LogP contribution in [0.5, 0.6) is 0 Å². The maximum Gasteiger partial charge on any atom is 0.214 e. The molecule has 48 heavy (non-hydrogen) atoms. The van der Waals surface area contributed by atoms with Crippen LogP contribution < -0.4 is 67.9 Å². The number of halogens is 4. The van der Waals surface area contributed by atoms with Crippen molar-refractivity contribution in [2.45, 2.75) is 50.8 Å². The molecule has 0 spiro atoms. The third-order valence-corrected chi connectivity index (χ3v) is 15.1. The largest absolute Gasteiger partial charge is 1.00 e. The van der Waals surface area contributed by atoms with Crippen molar-refractivity contribution >= 4 is 0 Å². The van der Waals surface area contributed by atoms with Crippen LogP contribution in [0.25, 0.3) is 0 Å². The fraction of sp³-hybridized carbons (Fsp3) is 0.667. The summed E-state index contributed by atoms with van der Waals surface area (Å²) in [5, 5.41) is 0. The van der Waals surface area contributed by atoms with Crippen LogP contribution >= 0.6 is 0 Å². The van der Waals surface area contributed by atoms with E-state index in [1.54, 1.807) is 22.3 Å². The van der Waals surface area contributed by atoms with Gasteiger partial charge in [-0.3, -0.25) is 17.9 Å². The van der Waals surface area contributed by atoms with Gasteiger partial charge in [-0.2, -0.15) is 0 Å². The Labute approximate surface area is 329 Å². The molecule has 0 aromatic heterocycles. The van der Waals surface area contributed by atoms with Crippen molar-refractivity contribution in [2.75, 3.05) is 105 Å². The molecule has 0 radical (unpaired) electrons. The Hall–Kier alpha value is 0.0400. The maximum absolute atomic E-state index is 2.96. The minimum Gasteiger partial charge on any atom is -1.00 e. The number of hydrogen-bond donors (Lipinski definition) is 0. The van der Waals surface area contributed by atoms with Gasteiger partial charge in [0.15, 0.2) is 0 Å². The van der Waals surface area contributed by atoms with E-state index in [2.05, 4.69) is 68.1 Å². The Balaban J connectivity index is 0.000000911. The number of benzene rings is 2. The van der Waals surface area contributed by atoms with Gasteiger partial charge < -0.3 is 67.9 Å². The van der Waals surface area contributed by atoms with Crippen LogP contribution in [-0.2, 0) is 26.2 Å². The second kappa shape index (κ2) is 12.9. The zero-order chi connectivity index (χ0) is 28.7. The van der Waals surface area contributed by atoms with Gasteiger partial charge in [-0.15, -0.1) is 0 Å². The first kappa shape index (κ1) is 36.4. The van der Waals surface area contributed by atoms with Gasteiger partial charge in [-0.05, 0) is 0 Å². The van der Waals surface area contributed by atoms with E-state index in [9.17, 15) is 0 Å². The quantitative estimate of drug-likeness (QED) is 0.244. The van der Waals surface area contributed by atoms with Crippen LogP contribution in [0.15, 0.2) is 48.5 Å². The second-order valence-corrected chi connectivity index (χ2v) is 16.6. The Kier molecular flexibility index (Phi) is 9.76. The molecule has 0 saturated carbocycles. The molecule has 0 aliphatic carbocycles. The molecule has 11 rings (SSSR count). The SMILES string of the molecule is [Br-].[Br-].[Br-].[Br-].c1ccc2c(c1)C[N+]13CCN4CC[N+]5(CCN(CC1)C5C43)Cc1ccccc1C[N+]13CCN4CC[N+]5(CCN(CC1)C5C43)C2. The summed E-state index contributed by atoms with van der Waals surface area (Å²) in [4.78, 5) is 11.8. The van der Waals surface area contributed by atoms with Crippen LogP contribution in [0.4, 0.5) is 0 Å². The number of rotatable bonds is 0. The van der Waals surface area contributed by atoms with E-state index in [0.29, 0.717) is 24.7 Å². The molecule has 0 amide bonds. The lowest BCUT2D eigenvalue weighted by Gasteiger charge is -2.58. The maximum atomic E-state index is 2.96. The Morgan fingerprint density at radius 1 is 0.333 bits per heavy atom. The molecule has 4 atom stereocenters. The smallest absolute Gasteiger partial charge is 0.214 e. The fourth-order valence-electron chi connectivity index (χ4n) is 13.0. The third-order valence-electron chi connectivity index (χ3n) is 15.1. The minimum absolute atomic E-state index is 0. The average molecular weight is 916 g/mol. The van der Waals surface area contributed by atoms with E-state index in [4.69, 9.17) is 0 Å². The van der Waals surface area contributed by atoms with Crippen molar-refractivity contribution in [1.82, 2.24) is 19.6 Å². The van der Waals surface area contributed by atoms with Gasteiger partial charge in [0, 0.05) is 22.3 Å². The van der Waals surface area contributed by atoms with Crippen molar-refractivity contribution < 1.29 is 85.9 Å². The van der Waals surface area contributed by atoms with Gasteiger partial charge in [-0.25, -0.2) is 19.6 Å². The summed E-state index contributed by atoms with van der Waals surface area (Å²) in [7, 11) is 0. The standard InChI is InChI=1S/C36H52N8.4BrH/c1-2-6-30-26-42-18-10-39-16-24-44(20-12-40(14-22-42)36(44)35(39)42)28-32-8-4-3-7-31(32)27-43-19-11-38-13-21-41(25-29(30)5-1)17-9-37(15-23-43)33(41)34(38)43;;;;/h1-8,33-36H,9-28H2;4*1H/q+4;;;;/p-4. The number of fused-ring (bicyclic) bond motifs is 2. The number of nitrogens with zero attached hydrogens (tertiary/aromatic N) is 8. The number of quaternary nitrogens is 4. The highest BCUT2D eigenvalue weighted by atomic mass is 79.9. The van der Waals surface area contributed by atoms with Crippen LogP contribution in [-0.4, -0.2) is 167 Å². The first-order chi connectivity index (χ1) is 21.6. The van der Waals surface area contributed by atoms with Gasteiger partial charge in [-0.1, -0.05) is 48.5 Å². The van der Waals surface area contributed by atoms with E-state index in [1.165, 1.54) is 149 Å². The van der Waals surface area contributed by atoms with Crippen LogP contribution in [0.2, 0.25) is 0 Å². The lowest BCUT2D eigenvalue weighted by Crippen LogP contribution is -3.00. The summed E-state index contributed by atoms with van der Waals surface area (Å²) in [6.07, 6.45) is 2.61. The molecule has 2 aromatic carbocycles. The minimum atomic E-state index is 0. The monoisotopic (exact) mass is 912 g/mol. The Morgan fingerprint density at radius 2 is 0.521 bits per heavy atom. The van der Waals surface area contributed by atoms with Crippen molar-refractivity contribution in [1.29, 1.82) is 0 Å². The molecular weight excluding hydrogens is 864 g/mol. The molecule has 8 nitrogen and oxygen atoms in total. The van der Waals surface area contributed by atoms with Gasteiger partial charge in [0.2, 0.25) is 24.7 Å². The molecule has 12 heteroatoms. The van der Waals surface area contributed by atoms with E-state index in [-0.39, 0.29) is 67.9 Å². The summed E-state index contributed by atoms with van der Waals surface area (Å²) in [6, 6.07) is 19.7. The highest BCUT2D eigenvalue weighted by Crippen LogP contribution is 2.48. The molecular formula is C36H52Br4N8. The van der Waals surface area contributed by atoms with Crippen molar-refractivity contribution in [2.24, 2.45) is 0 Å². The zero-order valence-electron chi connectivity index (χ0n) is 28.2. The van der Waals surface area contributed by atoms with Gasteiger partial charge >= 0.3 is 0 Å². The third kappa shape index (κ3) is 4.90. The van der Waals surface area contributed by atoms with Crippen LogP contribution in [0, 0.1) is 0 Å². The summed E-state index contributed by atoms with van der Waals surface area (Å²) in [5.41, 5.74) is 6.72. The molecule has 9 heterocycles. The lowest BCUT2D eigenvalue weighted by molar-refractivity contribution is -1.04. The molecule has 8 fully saturated rings. The summed E-state index contributed by atoms with van der Waals surface area (Å²) < 4.78 is 5.25. The average Bonchev–Trinajstić information content (AvgIpc) is 3.79. The topological polar surface area (TPSA) is 13.0 Å². The number of piperazine rings is 4. The van der Waals surface area contributed by atoms with Crippen molar-refractivity contribution in [3.05, 3.63) is 70.8 Å². The van der Waals surface area contributed by atoms with Crippen molar-refractivity contribution in [3.63, 3.8) is 0 Å². The first-order valence-electron chi connectivity index (χ1n) is 18.1. The van der Waals surface area contributed by atoms with Gasteiger partial charge in [0.05, 0.1) is 105 Å². The summed E-state index contributed by atoms with van der Waals surface area (Å²) >= 11 is 0. The summed E-state index contributed by atoms with van der Waals surface area (Å²) in [5.74, 6) is 0. The molecule has 4 unspecified atom stereocenters. The van der Waals surface area contributed by atoms with Crippen molar-refractivity contribution in [3.8, 4) is 0 Å². The normalized spacial score (nSPS) is 42.3. The molecule has 2 aromatic rings. The molecule has 0 N–H and O–H groups in total. The lowest BCUT2D eigenvalue weighted by atomic mass is 9.97. The molecule has 9 aliphatic rings. The van der Waals surface area contributed by atoms with Crippen LogP contribution in [0.3, 0.4) is 0 Å². The van der Waals surface area contributed by atoms with Gasteiger partial charge in [0.1, 0.15) is 26.2 Å². The molecule has 9 aliphatic heterocycles. The predicted octanol–water partition coefficient (Wildman–Crippen LogP) is -10.7. The fourth-order valence-corrected chi connectivity index (χ4v) is 13.0. The highest BCUT2D eigenvalue weighted by molar-refractivity contribution is 5.28. The molecule has 8 bridgehead atoms. The van der Waals surface area contributed by atoms with E-state index in [1.807, 2.05) is 0 Å². The highest BCUT2D eigenvalue weighted by Gasteiger charge is 2.69. The van der Waals surface area contributed by atoms with E-state index in [0.717, 1.165) is 0 Å². The van der Waals surface area contributed by atoms with Crippen LogP contribution in [0.1, 0.15) is 22.3 Å². The van der Waals surface area contributed by atoms with Gasteiger partial charge in [0.25, 0.3) is 0 Å². The molecule has 8 saturated heterocycles. The Bertz CT molecular complexity index is 1310. The summed E-state index contributed by atoms with van der Waals surface area (Å²) in [6.45, 7) is 25.9. The van der Waals surface area contributed by atoms with E-state index < -0.39 is 0 Å². The zero-order valence-corrected chi connectivity index (χ0v) is 34.5. The first-order valence-corrected chi connectivity index (χ1v) is 18.1. The Morgan fingerprint density at radius 3 is 0.708 bits per heavy atom. The predicted molar refractivity (Wildman–Crippen MR) is 169 cm³/mol.